The van der Waals surface area contributed by atoms with Crippen molar-refractivity contribution in [3.63, 3.8) is 0 Å². The molecular formula is C48H138O21Si10. The molecular weight excluding hydrogens is 1190 g/mol. The molecule has 0 aromatic heterocycles. The van der Waals surface area contributed by atoms with Crippen LogP contribution in [0.1, 0.15) is 129 Å². The van der Waals surface area contributed by atoms with Crippen molar-refractivity contribution >= 4 is 86.1 Å². The normalized spacial score (nSPS) is 18.2. The molecule has 0 bridgehead atoms. The molecule has 0 aliphatic heterocycles. The number of hydrogen-bond donors (Lipinski definition) is 8. The third-order valence-electron chi connectivity index (χ3n) is 9.96. The van der Waals surface area contributed by atoms with Gasteiger partial charge in [0, 0.05) is 52.6 Å². The van der Waals surface area contributed by atoms with E-state index >= 15 is 0 Å². The van der Waals surface area contributed by atoms with Crippen molar-refractivity contribution < 1.29 is 95.6 Å². The maximum absolute atomic E-state index is 10.4. The monoisotopic (exact) mass is 1330 g/mol. The van der Waals surface area contributed by atoms with Gasteiger partial charge in [-0.2, -0.15) is 0 Å². The molecule has 0 amide bonds. The van der Waals surface area contributed by atoms with Crippen LogP contribution < -0.4 is 0 Å². The van der Waals surface area contributed by atoms with Gasteiger partial charge in [-0.25, -0.2) is 0 Å². The van der Waals surface area contributed by atoms with Crippen LogP contribution in [0.25, 0.3) is 0 Å². The Morgan fingerprint density at radius 2 is 0.557 bits per heavy atom. The predicted octanol–water partition coefficient (Wildman–Crippen LogP) is 10.8. The Morgan fingerprint density at radius 1 is 0.304 bits per heavy atom. The zero-order valence-corrected chi connectivity index (χ0v) is 58.7. The van der Waals surface area contributed by atoms with Crippen molar-refractivity contribution in [1.29, 1.82) is 0 Å². The number of aliphatic hydroxyl groups excluding tert-OH is 7. The third kappa shape index (κ3) is 47.1. The highest BCUT2D eigenvalue weighted by molar-refractivity contribution is 6.90. The van der Waals surface area contributed by atoms with Crippen LogP contribution in [0.5, 0.6) is 0 Å². The van der Waals surface area contributed by atoms with Gasteiger partial charge in [0.15, 0.2) is 16.6 Å². The fourth-order valence-electron chi connectivity index (χ4n) is 7.19. The molecule has 496 valence electrons. The van der Waals surface area contributed by atoms with Crippen LogP contribution in [0.4, 0.5) is 0 Å². The molecule has 0 aromatic rings. The second-order valence-electron chi connectivity index (χ2n) is 20.9. The maximum atomic E-state index is 10.4. The highest BCUT2D eigenvalue weighted by Gasteiger charge is 2.55. The van der Waals surface area contributed by atoms with Crippen LogP contribution in [0.2, 0.25) is 117 Å². The van der Waals surface area contributed by atoms with Crippen molar-refractivity contribution in [3.8, 4) is 0 Å². The van der Waals surface area contributed by atoms with Gasteiger partial charge in [-0.05, 0) is 146 Å². The van der Waals surface area contributed by atoms with E-state index in [-0.39, 0.29) is 66.0 Å². The fraction of sp³-hybridized carbons (Fsp3) is 1.00. The summed E-state index contributed by atoms with van der Waals surface area (Å²) in [5, 5.41) is 65.8. The first kappa shape index (κ1) is 105. The van der Waals surface area contributed by atoms with Gasteiger partial charge in [-0.3, -0.25) is 0 Å². The predicted molar refractivity (Wildman–Crippen MR) is 353 cm³/mol. The number of hydrogen-bond acceptors (Lipinski definition) is 21. The molecule has 79 heavy (non-hydrogen) atoms. The zero-order chi connectivity index (χ0) is 57.1. The molecule has 0 aliphatic carbocycles. The molecule has 8 N–H and O–H groups in total. The molecule has 4 unspecified atom stereocenters. The van der Waals surface area contributed by atoms with E-state index in [0.29, 0.717) is 19.8 Å². The highest BCUT2D eigenvalue weighted by Crippen LogP contribution is 2.31. The quantitative estimate of drug-likeness (QED) is 0.0278. The summed E-state index contributed by atoms with van der Waals surface area (Å²) in [5.74, 6) is 0. The van der Waals surface area contributed by atoms with Crippen molar-refractivity contribution in [2.24, 2.45) is 0 Å². The average Bonchev–Trinajstić information content (AvgIpc) is 3.13. The van der Waals surface area contributed by atoms with Crippen molar-refractivity contribution in [2.45, 2.75) is 294 Å². The van der Waals surface area contributed by atoms with Crippen molar-refractivity contribution in [2.75, 3.05) is 26.4 Å². The summed E-state index contributed by atoms with van der Waals surface area (Å²) in [4.78, 5) is 10.4. The molecule has 12 atom stereocenters. The van der Waals surface area contributed by atoms with Crippen LogP contribution in [0.15, 0.2) is 0 Å². The van der Waals surface area contributed by atoms with E-state index in [0.717, 1.165) is 12.1 Å². The topological polar surface area (TPSA) is 282 Å². The van der Waals surface area contributed by atoms with E-state index in [9.17, 15) is 20.1 Å². The fourth-order valence-corrected chi connectivity index (χ4v) is 48.9. The molecule has 0 radical (unpaired) electrons. The van der Waals surface area contributed by atoms with Crippen molar-refractivity contribution in [3.05, 3.63) is 0 Å². The van der Waals surface area contributed by atoms with Gasteiger partial charge in [0.25, 0.3) is 0 Å². The second kappa shape index (κ2) is 44.7. The summed E-state index contributed by atoms with van der Waals surface area (Å²) in [6, 6.07) is 2.02. The molecule has 0 fully saturated rings. The zero-order valence-electron chi connectivity index (χ0n) is 48.7. The van der Waals surface area contributed by atoms with Gasteiger partial charge in [-0.15, -0.1) is 0 Å². The molecule has 0 saturated heterocycles. The van der Waals surface area contributed by atoms with Crippen LogP contribution in [-0.4, -0.2) is 202 Å². The Bertz CT molecular complexity index is 1430. The lowest BCUT2D eigenvalue weighted by atomic mass is 10.1. The summed E-state index contributed by atoms with van der Waals surface area (Å²) in [6.45, 7) is 50.2. The lowest BCUT2D eigenvalue weighted by Crippen LogP contribution is -2.63. The maximum Gasteiger partial charge on any atom is 0.490 e. The third-order valence-corrected chi connectivity index (χ3v) is 46.4. The molecule has 0 aliphatic rings. The molecule has 0 spiro atoms. The van der Waals surface area contributed by atoms with Crippen LogP contribution >= 0.6 is 0 Å². The van der Waals surface area contributed by atoms with Gasteiger partial charge < -0.3 is 95.6 Å². The average molecular weight is 1330 g/mol. The van der Waals surface area contributed by atoms with E-state index in [2.05, 4.69) is 53.1 Å². The lowest BCUT2D eigenvalue weighted by Gasteiger charge is -2.43. The number of rotatable bonds is 34. The smallest absolute Gasteiger partial charge is 0.436 e. The van der Waals surface area contributed by atoms with E-state index in [4.69, 9.17) is 75.5 Å². The Balaban J connectivity index is -0.000000104. The first-order valence-corrected chi connectivity index (χ1v) is 51.4. The SMILES string of the molecule is C.C.C.C.C.C.C.C.CCO[Si](C)(O)O[Si](C)(OCC)O[Si](C)(C)O[Si](C)(C)O[Si](C)(C)CC.CCO[Si](C)(O[C@H]([C@H](O)[C@@H](C)O)[C@H](C)O)O[Si](C)(OCC)O[Si](C)(C)O[Si](C)(C)O[Si](C)(C)CC.C[C@H](O)[C@H](O)[C@H](O)[C@@H](C)O. The first-order chi connectivity index (χ1) is 31.6. The summed E-state index contributed by atoms with van der Waals surface area (Å²) in [6.07, 6.45) is -9.27. The Labute approximate surface area is 499 Å². The summed E-state index contributed by atoms with van der Waals surface area (Å²) < 4.78 is 80.2. The van der Waals surface area contributed by atoms with Gasteiger partial charge in [-0.1, -0.05) is 73.3 Å². The molecule has 21 nitrogen and oxygen atoms in total. The summed E-state index contributed by atoms with van der Waals surface area (Å²) in [5.41, 5.74) is 0. The molecule has 31 heteroatoms. The first-order valence-electron chi connectivity index (χ1n) is 25.0. The number of aliphatic hydroxyl groups is 7. The van der Waals surface area contributed by atoms with Crippen LogP contribution in [0, 0.1) is 0 Å². The molecule has 0 heterocycles. The van der Waals surface area contributed by atoms with Gasteiger partial charge in [0.1, 0.15) is 24.4 Å². The largest absolute Gasteiger partial charge is 0.490 e. The summed E-state index contributed by atoms with van der Waals surface area (Å²) in [7, 11) is -27.2. The van der Waals surface area contributed by atoms with Gasteiger partial charge in [0.05, 0.1) is 24.4 Å². The lowest BCUT2D eigenvalue weighted by molar-refractivity contribution is -0.106. The van der Waals surface area contributed by atoms with Crippen LogP contribution in [0.3, 0.4) is 0 Å². The molecule has 0 saturated carbocycles. The second-order valence-corrected chi connectivity index (χ2v) is 55.4. The van der Waals surface area contributed by atoms with E-state index in [1.54, 1.807) is 33.1 Å². The minimum absolute atomic E-state index is 0. The van der Waals surface area contributed by atoms with Crippen LogP contribution in [-0.2, 0) is 55.1 Å². The van der Waals surface area contributed by atoms with Gasteiger partial charge >= 0.3 is 69.5 Å². The molecule has 0 rings (SSSR count). The Kier molecular flexibility index (Phi) is 59.5. The highest BCUT2D eigenvalue weighted by atomic mass is 28.5. The molecule has 0 aromatic carbocycles. The standard InChI is InChI=1S/C20H52O10Si5.C14H40O7Si5.C6H14O4.8CH4/c1-14-24-34(12,26-20(18(5)22)19(23)17(4)21)30-35(13,25-15-2)29-33(10,11)28-32(8,9)27-31(6,7)16-3;1-12-16-25(10,15)21-26(11,17-13-2)20-24(8,9)19-23(6,7)18-22(4,5)14-3;1-3(7)5(9)6(10)4(2)8;;;;;;;;/h17-23H,14-16H2,1-13H3;15H,12-14H2,1-11H3;3-10H,1-2H3;8*1H4/t17-,18+,19-,20+,34?,35?;;3-,4+,5-,6+;;;;;;;;/m1........../s1. The Hall–Kier alpha value is 1.33. The van der Waals surface area contributed by atoms with E-state index < -0.39 is 135 Å². The van der Waals surface area contributed by atoms with E-state index in [1.807, 2.05) is 60.1 Å². The van der Waals surface area contributed by atoms with E-state index in [1.165, 1.54) is 27.7 Å². The summed E-state index contributed by atoms with van der Waals surface area (Å²) >= 11 is 0. The Morgan fingerprint density at radius 3 is 0.797 bits per heavy atom. The minimum atomic E-state index is -3.52. The van der Waals surface area contributed by atoms with Crippen molar-refractivity contribution in [1.82, 2.24) is 0 Å². The van der Waals surface area contributed by atoms with Gasteiger partial charge in [0.2, 0.25) is 0 Å². The minimum Gasteiger partial charge on any atom is -0.436 e.